The number of thioether (sulfide) groups is 1. The Morgan fingerprint density at radius 3 is 2.68 bits per heavy atom. The Morgan fingerprint density at radius 2 is 2.05 bits per heavy atom. The summed E-state index contributed by atoms with van der Waals surface area (Å²) in [5, 5.41) is 3.36. The van der Waals surface area contributed by atoms with Crippen molar-refractivity contribution in [3.05, 3.63) is 29.6 Å². The van der Waals surface area contributed by atoms with Crippen LogP contribution in [0.2, 0.25) is 0 Å². The number of nitrogens with one attached hydrogen (secondary N) is 1. The van der Waals surface area contributed by atoms with Gasteiger partial charge in [-0.15, -0.1) is 0 Å². The summed E-state index contributed by atoms with van der Waals surface area (Å²) in [5.41, 5.74) is 0.877. The van der Waals surface area contributed by atoms with Crippen molar-refractivity contribution >= 4 is 11.8 Å². The number of hydrogen-bond acceptors (Lipinski definition) is 3. The van der Waals surface area contributed by atoms with Crippen molar-refractivity contribution in [2.24, 2.45) is 0 Å². The molecule has 0 aliphatic rings. The molecule has 0 saturated carbocycles. The molecule has 0 aromatic heterocycles. The molecule has 1 rings (SSSR count). The highest BCUT2D eigenvalue weighted by Gasteiger charge is 2.13. The molecule has 0 spiro atoms. The number of ether oxygens (including phenoxy) is 1. The third-order valence-electron chi connectivity index (χ3n) is 2.60. The second kappa shape index (κ2) is 7.75. The van der Waals surface area contributed by atoms with Crippen LogP contribution in [0.4, 0.5) is 4.39 Å². The van der Waals surface area contributed by atoms with Gasteiger partial charge in [0.15, 0.2) is 11.6 Å². The molecular weight excluding hydrogens is 261 g/mol. The molecule has 0 saturated heterocycles. The fourth-order valence-corrected chi connectivity index (χ4v) is 2.00. The summed E-state index contributed by atoms with van der Waals surface area (Å²) in [4.78, 5) is 0. The fraction of sp³-hybridized carbons (Fsp3) is 0.600. The quantitative estimate of drug-likeness (QED) is 0.769. The van der Waals surface area contributed by atoms with Crippen LogP contribution >= 0.6 is 11.8 Å². The van der Waals surface area contributed by atoms with E-state index in [9.17, 15) is 4.39 Å². The second-order valence-electron chi connectivity index (χ2n) is 5.53. The van der Waals surface area contributed by atoms with Crippen LogP contribution in [0.25, 0.3) is 0 Å². The van der Waals surface area contributed by atoms with Crippen LogP contribution in [0.1, 0.15) is 32.8 Å². The minimum Gasteiger partial charge on any atom is -0.490 e. The van der Waals surface area contributed by atoms with Crippen molar-refractivity contribution < 1.29 is 9.13 Å². The van der Waals surface area contributed by atoms with Crippen LogP contribution in [0.15, 0.2) is 18.2 Å². The molecule has 4 heteroatoms. The Kier molecular flexibility index (Phi) is 6.66. The van der Waals surface area contributed by atoms with E-state index in [4.69, 9.17) is 4.74 Å². The fourth-order valence-electron chi connectivity index (χ4n) is 1.59. The first-order valence-electron chi connectivity index (χ1n) is 6.58. The zero-order valence-electron chi connectivity index (χ0n) is 12.3. The topological polar surface area (TPSA) is 21.3 Å². The molecular formula is C15H24FNOS. The summed E-state index contributed by atoms with van der Waals surface area (Å²) in [5.74, 6) is 1.14. The highest BCUT2D eigenvalue weighted by molar-refractivity contribution is 7.98. The molecule has 2 nitrogen and oxygen atoms in total. The molecule has 0 bridgehead atoms. The third-order valence-corrected chi connectivity index (χ3v) is 3.29. The standard InChI is InChI=1S/C15H24FNOS/c1-15(2,3)17-11-12-7-5-8-13(16)14(12)18-9-6-10-19-4/h5,7-8,17H,6,9-11H2,1-4H3. The van der Waals surface area contributed by atoms with Crippen molar-refractivity contribution in [1.29, 1.82) is 0 Å². The van der Waals surface area contributed by atoms with Crippen LogP contribution < -0.4 is 10.1 Å². The number of benzene rings is 1. The normalized spacial score (nSPS) is 11.6. The van der Waals surface area contributed by atoms with Gasteiger partial charge in [-0.25, -0.2) is 4.39 Å². The summed E-state index contributed by atoms with van der Waals surface area (Å²) in [7, 11) is 0. The number of halogens is 1. The van der Waals surface area contributed by atoms with Crippen molar-refractivity contribution in [2.75, 3.05) is 18.6 Å². The van der Waals surface area contributed by atoms with Gasteiger partial charge in [-0.1, -0.05) is 12.1 Å². The minimum atomic E-state index is -0.280. The molecule has 1 aromatic rings. The van der Waals surface area contributed by atoms with Gasteiger partial charge < -0.3 is 10.1 Å². The van der Waals surface area contributed by atoms with Gasteiger partial charge in [-0.3, -0.25) is 0 Å². The zero-order valence-corrected chi connectivity index (χ0v) is 13.1. The maximum atomic E-state index is 13.8. The van der Waals surface area contributed by atoms with E-state index in [2.05, 4.69) is 32.3 Å². The van der Waals surface area contributed by atoms with E-state index in [-0.39, 0.29) is 11.4 Å². The molecule has 108 valence electrons. The van der Waals surface area contributed by atoms with Crippen LogP contribution in [0.3, 0.4) is 0 Å². The lowest BCUT2D eigenvalue weighted by Crippen LogP contribution is -2.35. The first-order valence-corrected chi connectivity index (χ1v) is 7.97. The summed E-state index contributed by atoms with van der Waals surface area (Å²) >= 11 is 1.77. The van der Waals surface area contributed by atoms with Crippen LogP contribution in [0.5, 0.6) is 5.75 Å². The Hall–Kier alpha value is -0.740. The third kappa shape index (κ3) is 6.30. The Morgan fingerprint density at radius 1 is 1.32 bits per heavy atom. The second-order valence-corrected chi connectivity index (χ2v) is 6.51. The van der Waals surface area contributed by atoms with Crippen molar-refractivity contribution in [3.8, 4) is 5.75 Å². The highest BCUT2D eigenvalue weighted by atomic mass is 32.2. The molecule has 19 heavy (non-hydrogen) atoms. The first kappa shape index (κ1) is 16.3. The summed E-state index contributed by atoms with van der Waals surface area (Å²) in [6.45, 7) is 7.44. The van der Waals surface area contributed by atoms with Crippen LogP contribution in [-0.4, -0.2) is 24.2 Å². The largest absolute Gasteiger partial charge is 0.490 e. The predicted molar refractivity (Wildman–Crippen MR) is 81.5 cm³/mol. The molecule has 0 amide bonds. The molecule has 0 aliphatic heterocycles. The monoisotopic (exact) mass is 285 g/mol. The van der Waals surface area contributed by atoms with Gasteiger partial charge in [0.1, 0.15) is 0 Å². The molecule has 0 fully saturated rings. The predicted octanol–water partition coefficient (Wildman–Crippen LogP) is 3.85. The molecule has 1 aromatic carbocycles. The van der Waals surface area contributed by atoms with E-state index in [1.807, 2.05) is 6.07 Å². The molecule has 0 atom stereocenters. The molecule has 0 radical (unpaired) electrons. The SMILES string of the molecule is CSCCCOc1c(F)cccc1CNC(C)(C)C. The number of hydrogen-bond donors (Lipinski definition) is 1. The molecule has 0 unspecified atom stereocenters. The zero-order chi connectivity index (χ0) is 14.3. The van der Waals surface area contributed by atoms with E-state index < -0.39 is 0 Å². The van der Waals surface area contributed by atoms with Crippen molar-refractivity contribution in [1.82, 2.24) is 5.32 Å². The van der Waals surface area contributed by atoms with Gasteiger partial charge in [0, 0.05) is 17.6 Å². The maximum Gasteiger partial charge on any atom is 0.165 e. The van der Waals surface area contributed by atoms with Crippen molar-refractivity contribution in [3.63, 3.8) is 0 Å². The lowest BCUT2D eigenvalue weighted by Gasteiger charge is -2.21. The highest BCUT2D eigenvalue weighted by Crippen LogP contribution is 2.23. The van der Waals surface area contributed by atoms with E-state index in [0.29, 0.717) is 18.9 Å². The van der Waals surface area contributed by atoms with Gasteiger partial charge in [-0.05, 0) is 45.3 Å². The first-order chi connectivity index (χ1) is 8.94. The maximum absolute atomic E-state index is 13.8. The smallest absolute Gasteiger partial charge is 0.165 e. The van der Waals surface area contributed by atoms with Gasteiger partial charge in [0.2, 0.25) is 0 Å². The Balaban J connectivity index is 2.66. The van der Waals surface area contributed by atoms with Crippen LogP contribution in [-0.2, 0) is 6.54 Å². The summed E-state index contributed by atoms with van der Waals surface area (Å²) in [6, 6.07) is 5.08. The van der Waals surface area contributed by atoms with E-state index in [1.54, 1.807) is 17.8 Å². The molecule has 0 aliphatic carbocycles. The van der Waals surface area contributed by atoms with E-state index in [0.717, 1.165) is 17.7 Å². The number of rotatable bonds is 7. The average Bonchev–Trinajstić information content (AvgIpc) is 2.33. The lowest BCUT2D eigenvalue weighted by atomic mass is 10.1. The van der Waals surface area contributed by atoms with Gasteiger partial charge >= 0.3 is 0 Å². The van der Waals surface area contributed by atoms with E-state index in [1.165, 1.54) is 6.07 Å². The van der Waals surface area contributed by atoms with Gasteiger partial charge in [-0.2, -0.15) is 11.8 Å². The van der Waals surface area contributed by atoms with Gasteiger partial charge in [0.05, 0.1) is 6.61 Å². The Bertz CT molecular complexity index is 390. The summed E-state index contributed by atoms with van der Waals surface area (Å²) < 4.78 is 19.4. The van der Waals surface area contributed by atoms with Crippen LogP contribution in [0, 0.1) is 5.82 Å². The number of para-hydroxylation sites is 1. The lowest BCUT2D eigenvalue weighted by molar-refractivity contribution is 0.296. The van der Waals surface area contributed by atoms with Gasteiger partial charge in [0.25, 0.3) is 0 Å². The van der Waals surface area contributed by atoms with Crippen molar-refractivity contribution in [2.45, 2.75) is 39.3 Å². The molecule has 1 N–H and O–H groups in total. The molecule has 0 heterocycles. The minimum absolute atomic E-state index is 0.00242. The average molecular weight is 285 g/mol. The Labute approximate surface area is 120 Å². The summed E-state index contributed by atoms with van der Waals surface area (Å²) in [6.07, 6.45) is 2.99. The van der Waals surface area contributed by atoms with E-state index >= 15 is 0 Å².